The van der Waals surface area contributed by atoms with E-state index in [0.717, 1.165) is 12.8 Å². The first-order valence-corrected chi connectivity index (χ1v) is 12.4. The molecule has 2 atom stereocenters. The molecule has 9 heteroatoms. The number of urea groups is 1. The molecule has 0 unspecified atom stereocenters. The van der Waals surface area contributed by atoms with Crippen molar-refractivity contribution in [2.45, 2.75) is 45.7 Å². The van der Waals surface area contributed by atoms with Crippen molar-refractivity contribution in [3.8, 4) is 5.75 Å². The van der Waals surface area contributed by atoms with Gasteiger partial charge < -0.3 is 14.5 Å². The molecule has 1 aromatic rings. The third-order valence-corrected chi connectivity index (χ3v) is 7.25. The van der Waals surface area contributed by atoms with Crippen molar-refractivity contribution in [2.24, 2.45) is 0 Å². The van der Waals surface area contributed by atoms with Crippen molar-refractivity contribution in [1.29, 1.82) is 0 Å². The Labute approximate surface area is 178 Å². The monoisotopic (exact) mass is 437 g/mol. The van der Waals surface area contributed by atoms with Crippen molar-refractivity contribution in [3.63, 3.8) is 0 Å². The lowest BCUT2D eigenvalue weighted by Gasteiger charge is -2.27. The predicted octanol–water partition coefficient (Wildman–Crippen LogP) is 2.14. The number of hydrogen-bond donors (Lipinski definition) is 0. The smallest absolute Gasteiger partial charge is 0.325 e. The first kappa shape index (κ1) is 22.4. The van der Waals surface area contributed by atoms with E-state index in [9.17, 15) is 18.0 Å². The minimum absolute atomic E-state index is 0.0884. The van der Waals surface area contributed by atoms with Crippen LogP contribution in [0.2, 0.25) is 0 Å². The molecule has 30 heavy (non-hydrogen) atoms. The third kappa shape index (κ3) is 4.55. The number of benzene rings is 1. The highest BCUT2D eigenvalue weighted by Crippen LogP contribution is 2.35. The molecule has 0 bridgehead atoms. The van der Waals surface area contributed by atoms with Crippen molar-refractivity contribution in [2.75, 3.05) is 42.6 Å². The SMILES string of the molecule is CCCN(CCC)C(=O)CN1C(=O)N(c2ccc(OCC)cc2)[C@H]2CS(=O)(=O)C[C@@H]21. The molecule has 0 radical (unpaired) electrons. The van der Waals surface area contributed by atoms with Gasteiger partial charge in [-0.2, -0.15) is 0 Å². The Bertz CT molecular complexity index is 865. The highest BCUT2D eigenvalue weighted by Gasteiger charge is 2.54. The number of ether oxygens (including phenoxy) is 1. The lowest BCUT2D eigenvalue weighted by molar-refractivity contribution is -0.132. The summed E-state index contributed by atoms with van der Waals surface area (Å²) in [4.78, 5) is 30.9. The van der Waals surface area contributed by atoms with Crippen LogP contribution in [0, 0.1) is 0 Å². The van der Waals surface area contributed by atoms with Gasteiger partial charge in [0, 0.05) is 18.8 Å². The normalized spacial score (nSPS) is 22.3. The van der Waals surface area contributed by atoms with Crippen molar-refractivity contribution in [3.05, 3.63) is 24.3 Å². The molecular weight excluding hydrogens is 406 g/mol. The number of rotatable bonds is 9. The summed E-state index contributed by atoms with van der Waals surface area (Å²) in [6.45, 7) is 7.60. The molecule has 3 amide bonds. The summed E-state index contributed by atoms with van der Waals surface area (Å²) < 4.78 is 30.2. The number of fused-ring (bicyclic) bond motifs is 1. The Morgan fingerprint density at radius 2 is 1.67 bits per heavy atom. The summed E-state index contributed by atoms with van der Waals surface area (Å²) in [7, 11) is -3.28. The Balaban J connectivity index is 1.86. The second-order valence-electron chi connectivity index (χ2n) is 7.80. The maximum atomic E-state index is 13.3. The van der Waals surface area contributed by atoms with Crippen molar-refractivity contribution >= 4 is 27.5 Å². The maximum absolute atomic E-state index is 13.3. The summed E-state index contributed by atoms with van der Waals surface area (Å²) in [5, 5.41) is 0. The van der Waals surface area contributed by atoms with Crippen LogP contribution >= 0.6 is 0 Å². The van der Waals surface area contributed by atoms with E-state index < -0.39 is 21.9 Å². The van der Waals surface area contributed by atoms with Crippen LogP contribution in [-0.4, -0.2) is 80.0 Å². The summed E-state index contributed by atoms with van der Waals surface area (Å²) in [6.07, 6.45) is 1.66. The number of hydrogen-bond acceptors (Lipinski definition) is 5. The minimum atomic E-state index is -3.28. The van der Waals surface area contributed by atoms with E-state index >= 15 is 0 Å². The number of anilines is 1. The second-order valence-corrected chi connectivity index (χ2v) is 9.95. The van der Waals surface area contributed by atoms with Gasteiger partial charge in [-0.25, -0.2) is 13.2 Å². The lowest BCUT2D eigenvalue weighted by Crippen LogP contribution is -2.46. The molecule has 1 aromatic carbocycles. The number of sulfone groups is 1. The molecule has 0 aromatic heterocycles. The van der Waals surface area contributed by atoms with Gasteiger partial charge in [-0.3, -0.25) is 9.69 Å². The van der Waals surface area contributed by atoms with Gasteiger partial charge in [0.15, 0.2) is 9.84 Å². The molecule has 166 valence electrons. The van der Waals surface area contributed by atoms with Gasteiger partial charge in [0.2, 0.25) is 5.91 Å². The molecule has 2 heterocycles. The Kier molecular flexibility index (Phi) is 6.90. The zero-order chi connectivity index (χ0) is 21.9. The van der Waals surface area contributed by atoms with E-state index in [4.69, 9.17) is 4.74 Å². The van der Waals surface area contributed by atoms with Crippen LogP contribution in [-0.2, 0) is 14.6 Å². The molecule has 2 fully saturated rings. The number of carbonyl (C=O) groups excluding carboxylic acids is 2. The van der Waals surface area contributed by atoms with Crippen LogP contribution in [0.3, 0.4) is 0 Å². The van der Waals surface area contributed by atoms with Gasteiger partial charge in [0.1, 0.15) is 12.3 Å². The quantitative estimate of drug-likeness (QED) is 0.553. The van der Waals surface area contributed by atoms with Crippen LogP contribution in [0.15, 0.2) is 24.3 Å². The molecule has 0 spiro atoms. The van der Waals surface area contributed by atoms with Gasteiger partial charge in [-0.05, 0) is 44.0 Å². The predicted molar refractivity (Wildman–Crippen MR) is 116 cm³/mol. The van der Waals surface area contributed by atoms with Gasteiger partial charge in [0.05, 0.1) is 30.2 Å². The summed E-state index contributed by atoms with van der Waals surface area (Å²) >= 11 is 0. The molecule has 0 aliphatic carbocycles. The largest absolute Gasteiger partial charge is 0.494 e. The van der Waals surface area contributed by atoms with Crippen LogP contribution in [0.1, 0.15) is 33.6 Å². The standard InChI is InChI=1S/C21H31N3O5S/c1-4-11-22(12-5-2)20(25)13-23-18-14-30(27,28)15-19(18)24(21(23)26)16-7-9-17(10-8-16)29-6-3/h7-10,18-19H,4-6,11-15H2,1-3H3/t18-,19-/m0/s1. The minimum Gasteiger partial charge on any atom is -0.494 e. The average molecular weight is 438 g/mol. The van der Waals surface area contributed by atoms with E-state index in [1.54, 1.807) is 29.2 Å². The van der Waals surface area contributed by atoms with Gasteiger partial charge >= 0.3 is 6.03 Å². The molecule has 2 aliphatic heterocycles. The number of nitrogens with zero attached hydrogens (tertiary/aromatic N) is 3. The summed E-state index contributed by atoms with van der Waals surface area (Å²) in [6, 6.07) is 5.74. The highest BCUT2D eigenvalue weighted by atomic mass is 32.2. The van der Waals surface area contributed by atoms with Crippen LogP contribution in [0.25, 0.3) is 0 Å². The zero-order valence-electron chi connectivity index (χ0n) is 17.9. The van der Waals surface area contributed by atoms with Crippen LogP contribution in [0.5, 0.6) is 5.75 Å². The van der Waals surface area contributed by atoms with Gasteiger partial charge in [-0.1, -0.05) is 13.8 Å². The van der Waals surface area contributed by atoms with Crippen molar-refractivity contribution in [1.82, 2.24) is 9.80 Å². The Morgan fingerprint density at radius 1 is 1.07 bits per heavy atom. The van der Waals surface area contributed by atoms with Crippen LogP contribution in [0.4, 0.5) is 10.5 Å². The fourth-order valence-corrected chi connectivity index (χ4v) is 6.23. The molecule has 2 aliphatic rings. The highest BCUT2D eigenvalue weighted by molar-refractivity contribution is 7.91. The molecule has 0 N–H and O–H groups in total. The van der Waals surface area contributed by atoms with E-state index in [0.29, 0.717) is 31.1 Å². The first-order chi connectivity index (χ1) is 14.3. The second kappa shape index (κ2) is 9.24. The zero-order valence-corrected chi connectivity index (χ0v) is 18.7. The fourth-order valence-electron chi connectivity index (χ4n) is 4.28. The average Bonchev–Trinajstić information content (AvgIpc) is 3.13. The van der Waals surface area contributed by atoms with E-state index in [-0.39, 0.29) is 30.0 Å². The number of amides is 3. The molecule has 3 rings (SSSR count). The van der Waals surface area contributed by atoms with E-state index in [1.165, 1.54) is 9.80 Å². The Morgan fingerprint density at radius 3 is 2.23 bits per heavy atom. The molecular formula is C21H31N3O5S. The molecule has 2 saturated heterocycles. The van der Waals surface area contributed by atoms with Crippen LogP contribution < -0.4 is 9.64 Å². The fraction of sp³-hybridized carbons (Fsp3) is 0.619. The summed E-state index contributed by atoms with van der Waals surface area (Å²) in [5.41, 5.74) is 0.615. The first-order valence-electron chi connectivity index (χ1n) is 10.6. The van der Waals surface area contributed by atoms with Gasteiger partial charge in [-0.15, -0.1) is 0 Å². The van der Waals surface area contributed by atoms with E-state index in [1.807, 2.05) is 20.8 Å². The summed E-state index contributed by atoms with van der Waals surface area (Å²) in [5.74, 6) is 0.356. The molecule has 8 nitrogen and oxygen atoms in total. The topological polar surface area (TPSA) is 87.2 Å². The lowest BCUT2D eigenvalue weighted by atomic mass is 10.1. The Hall–Kier alpha value is -2.29. The molecule has 0 saturated carbocycles. The van der Waals surface area contributed by atoms with E-state index in [2.05, 4.69) is 0 Å². The third-order valence-electron chi connectivity index (χ3n) is 5.55. The number of carbonyl (C=O) groups is 2. The van der Waals surface area contributed by atoms with Gasteiger partial charge in [0.25, 0.3) is 0 Å². The maximum Gasteiger partial charge on any atom is 0.325 e. The van der Waals surface area contributed by atoms with Crippen molar-refractivity contribution < 1.29 is 22.7 Å².